The Labute approximate surface area is 93.3 Å². The van der Waals surface area contributed by atoms with E-state index in [1.807, 2.05) is 0 Å². The molecule has 0 aliphatic carbocycles. The third-order valence-corrected chi connectivity index (χ3v) is 2.83. The molecule has 7 nitrogen and oxygen atoms in total. The lowest BCUT2D eigenvalue weighted by Gasteiger charge is -2.33. The average Bonchev–Trinajstić information content (AvgIpc) is 2.24. The quantitative estimate of drug-likeness (QED) is 0.223. The minimum Gasteiger partial charge on any atom is -0.294 e. The van der Waals surface area contributed by atoms with E-state index in [-0.39, 0.29) is 42.8 Å². The number of hydrogen-bond acceptors (Lipinski definition) is 5. The third kappa shape index (κ3) is 2.77. The molecule has 2 unspecified atom stereocenters. The van der Waals surface area contributed by atoms with Gasteiger partial charge in [0.2, 0.25) is 17.7 Å². The number of carbonyl (C=O) groups is 3. The normalized spacial score (nSPS) is 21.2. The Bertz CT molecular complexity index is 302. The van der Waals surface area contributed by atoms with Crippen LogP contribution < -0.4 is 16.6 Å². The van der Waals surface area contributed by atoms with Crippen molar-refractivity contribution in [1.29, 1.82) is 0 Å². The van der Waals surface area contributed by atoms with Crippen LogP contribution >= 0.6 is 0 Å². The highest BCUT2D eigenvalue weighted by Crippen LogP contribution is 2.12. The number of nitrogens with two attached hydrogens (primary N) is 1. The fourth-order valence-corrected chi connectivity index (χ4v) is 1.61. The number of piperazine rings is 1. The molecule has 0 spiro atoms. The van der Waals surface area contributed by atoms with Crippen LogP contribution in [0, 0.1) is 5.92 Å². The first-order chi connectivity index (χ1) is 7.45. The minimum atomic E-state index is -0.385. The van der Waals surface area contributed by atoms with E-state index in [2.05, 4.69) is 10.7 Å². The summed E-state index contributed by atoms with van der Waals surface area (Å²) >= 11 is 0. The van der Waals surface area contributed by atoms with Gasteiger partial charge in [-0.15, -0.1) is 0 Å². The molecular formula is C9H16N4O3. The molecule has 2 atom stereocenters. The van der Waals surface area contributed by atoms with Crippen molar-refractivity contribution in [2.24, 2.45) is 11.8 Å². The summed E-state index contributed by atoms with van der Waals surface area (Å²) in [5.41, 5.74) is 2.06. The highest BCUT2D eigenvalue weighted by molar-refractivity contribution is 5.99. The topological polar surface area (TPSA) is 105 Å². The summed E-state index contributed by atoms with van der Waals surface area (Å²) in [4.78, 5) is 35.3. The van der Waals surface area contributed by atoms with Crippen molar-refractivity contribution in [3.05, 3.63) is 0 Å². The van der Waals surface area contributed by atoms with Gasteiger partial charge in [-0.1, -0.05) is 6.92 Å². The van der Waals surface area contributed by atoms with Crippen molar-refractivity contribution in [3.63, 3.8) is 0 Å². The SMILES string of the molecule is CC(C(=O)NN)C(C)N1CC(=O)NC(=O)C1. The first-order valence-electron chi connectivity index (χ1n) is 5.03. The molecule has 0 aromatic carbocycles. The maximum Gasteiger partial charge on any atom is 0.240 e. The Morgan fingerprint density at radius 2 is 1.88 bits per heavy atom. The van der Waals surface area contributed by atoms with Gasteiger partial charge in [-0.2, -0.15) is 0 Å². The van der Waals surface area contributed by atoms with Gasteiger partial charge in [-0.05, 0) is 6.92 Å². The molecular weight excluding hydrogens is 212 g/mol. The summed E-state index contributed by atoms with van der Waals surface area (Å²) in [6, 6.07) is -0.224. The number of imide groups is 1. The maximum absolute atomic E-state index is 11.3. The summed E-state index contributed by atoms with van der Waals surface area (Å²) < 4.78 is 0. The smallest absolute Gasteiger partial charge is 0.240 e. The maximum atomic E-state index is 11.3. The number of hydrogen-bond donors (Lipinski definition) is 3. The second-order valence-electron chi connectivity index (χ2n) is 3.91. The molecule has 1 aliphatic rings. The van der Waals surface area contributed by atoms with Crippen molar-refractivity contribution < 1.29 is 14.4 Å². The first kappa shape index (κ1) is 12.6. The van der Waals surface area contributed by atoms with Crippen LogP contribution in [0.2, 0.25) is 0 Å². The average molecular weight is 228 g/mol. The van der Waals surface area contributed by atoms with Crippen LogP contribution in [0.5, 0.6) is 0 Å². The molecule has 16 heavy (non-hydrogen) atoms. The number of nitrogens with zero attached hydrogens (tertiary/aromatic N) is 1. The fraction of sp³-hybridized carbons (Fsp3) is 0.667. The van der Waals surface area contributed by atoms with E-state index in [1.165, 1.54) is 0 Å². The van der Waals surface area contributed by atoms with E-state index in [9.17, 15) is 14.4 Å². The van der Waals surface area contributed by atoms with Crippen molar-refractivity contribution in [1.82, 2.24) is 15.6 Å². The van der Waals surface area contributed by atoms with Crippen LogP contribution in [-0.4, -0.2) is 41.8 Å². The van der Waals surface area contributed by atoms with Gasteiger partial charge in [-0.25, -0.2) is 5.84 Å². The number of amides is 3. The van der Waals surface area contributed by atoms with Gasteiger partial charge < -0.3 is 0 Å². The van der Waals surface area contributed by atoms with Gasteiger partial charge >= 0.3 is 0 Å². The highest BCUT2D eigenvalue weighted by Gasteiger charge is 2.31. The van der Waals surface area contributed by atoms with Gasteiger partial charge in [0.1, 0.15) is 0 Å². The van der Waals surface area contributed by atoms with Gasteiger partial charge in [-0.3, -0.25) is 30.0 Å². The van der Waals surface area contributed by atoms with Crippen LogP contribution in [0.15, 0.2) is 0 Å². The summed E-state index contributed by atoms with van der Waals surface area (Å²) in [5, 5.41) is 2.20. The molecule has 1 fully saturated rings. The Balaban J connectivity index is 2.65. The van der Waals surface area contributed by atoms with E-state index in [1.54, 1.807) is 18.7 Å². The molecule has 4 N–H and O–H groups in total. The Morgan fingerprint density at radius 1 is 1.38 bits per heavy atom. The monoisotopic (exact) mass is 228 g/mol. The summed E-state index contributed by atoms with van der Waals surface area (Å²) in [6.07, 6.45) is 0. The first-order valence-corrected chi connectivity index (χ1v) is 5.03. The fourth-order valence-electron chi connectivity index (χ4n) is 1.61. The number of carbonyl (C=O) groups excluding carboxylic acids is 3. The molecule has 0 bridgehead atoms. The predicted octanol–water partition coefficient (Wildman–Crippen LogP) is -2.04. The van der Waals surface area contributed by atoms with Crippen molar-refractivity contribution >= 4 is 17.7 Å². The Kier molecular flexibility index (Phi) is 3.97. The van der Waals surface area contributed by atoms with Crippen LogP contribution in [0.4, 0.5) is 0 Å². The van der Waals surface area contributed by atoms with E-state index in [0.29, 0.717) is 0 Å². The highest BCUT2D eigenvalue weighted by atomic mass is 16.2. The third-order valence-electron chi connectivity index (χ3n) is 2.83. The van der Waals surface area contributed by atoms with E-state index >= 15 is 0 Å². The van der Waals surface area contributed by atoms with E-state index in [4.69, 9.17) is 5.84 Å². The molecule has 1 saturated heterocycles. The van der Waals surface area contributed by atoms with Gasteiger partial charge in [0.25, 0.3) is 0 Å². The molecule has 0 aromatic heterocycles. The molecule has 1 rings (SSSR count). The second kappa shape index (κ2) is 5.04. The number of nitrogens with one attached hydrogen (secondary N) is 2. The van der Waals surface area contributed by atoms with Gasteiger partial charge in [0.05, 0.1) is 19.0 Å². The molecule has 0 aromatic rings. The van der Waals surface area contributed by atoms with Crippen LogP contribution in [-0.2, 0) is 14.4 Å². The van der Waals surface area contributed by atoms with Gasteiger partial charge in [0.15, 0.2) is 0 Å². The predicted molar refractivity (Wildman–Crippen MR) is 55.7 cm³/mol. The number of rotatable bonds is 3. The Morgan fingerprint density at radius 3 is 2.31 bits per heavy atom. The lowest BCUT2D eigenvalue weighted by Crippen LogP contribution is -2.56. The molecule has 90 valence electrons. The largest absolute Gasteiger partial charge is 0.294 e. The molecule has 1 aliphatic heterocycles. The van der Waals surface area contributed by atoms with Crippen LogP contribution in [0.25, 0.3) is 0 Å². The Hall–Kier alpha value is -1.47. The summed E-state index contributed by atoms with van der Waals surface area (Å²) in [7, 11) is 0. The summed E-state index contributed by atoms with van der Waals surface area (Å²) in [6.45, 7) is 3.72. The van der Waals surface area contributed by atoms with Crippen LogP contribution in [0.1, 0.15) is 13.8 Å². The van der Waals surface area contributed by atoms with Crippen molar-refractivity contribution in [3.8, 4) is 0 Å². The molecule has 1 heterocycles. The van der Waals surface area contributed by atoms with Crippen molar-refractivity contribution in [2.45, 2.75) is 19.9 Å². The van der Waals surface area contributed by atoms with E-state index < -0.39 is 0 Å². The molecule has 7 heteroatoms. The zero-order chi connectivity index (χ0) is 12.3. The zero-order valence-electron chi connectivity index (χ0n) is 9.32. The molecule has 3 amide bonds. The lowest BCUT2D eigenvalue weighted by molar-refractivity contribution is -0.139. The standard InChI is InChI=1S/C9H16N4O3/c1-5(9(16)12-10)6(2)13-3-7(14)11-8(15)4-13/h5-6H,3-4,10H2,1-2H3,(H,12,16)(H,11,14,15). The molecule has 0 radical (unpaired) electrons. The minimum absolute atomic E-state index is 0.120. The molecule has 0 saturated carbocycles. The summed E-state index contributed by atoms with van der Waals surface area (Å²) in [5.74, 6) is 3.64. The van der Waals surface area contributed by atoms with Crippen molar-refractivity contribution in [2.75, 3.05) is 13.1 Å². The second-order valence-corrected chi connectivity index (χ2v) is 3.91. The van der Waals surface area contributed by atoms with Crippen LogP contribution in [0.3, 0.4) is 0 Å². The van der Waals surface area contributed by atoms with E-state index in [0.717, 1.165) is 0 Å². The lowest BCUT2D eigenvalue weighted by atomic mass is 10.0. The zero-order valence-corrected chi connectivity index (χ0v) is 9.32. The number of hydrazine groups is 1. The van der Waals surface area contributed by atoms with Gasteiger partial charge in [0, 0.05) is 6.04 Å².